The molecular weight excluding hydrogens is 156 g/mol. The summed E-state index contributed by atoms with van der Waals surface area (Å²) < 4.78 is 5.14. The van der Waals surface area contributed by atoms with Gasteiger partial charge in [-0.1, -0.05) is 0 Å². The van der Waals surface area contributed by atoms with Crippen molar-refractivity contribution in [1.29, 1.82) is 0 Å². The molecule has 0 saturated carbocycles. The number of likely N-dealkylation sites (tertiary alicyclic amines) is 1. The predicted molar refractivity (Wildman–Crippen MR) is 45.6 cm³/mol. The van der Waals surface area contributed by atoms with Crippen LogP contribution in [0.15, 0.2) is 0 Å². The van der Waals surface area contributed by atoms with E-state index in [-0.39, 0.29) is 18.1 Å². The average Bonchev–Trinajstić information content (AvgIpc) is 2.50. The third kappa shape index (κ3) is 1.95. The van der Waals surface area contributed by atoms with Gasteiger partial charge in [0.15, 0.2) is 0 Å². The van der Waals surface area contributed by atoms with Crippen molar-refractivity contribution in [2.75, 3.05) is 20.2 Å². The van der Waals surface area contributed by atoms with Crippen LogP contribution in [0.5, 0.6) is 0 Å². The summed E-state index contributed by atoms with van der Waals surface area (Å²) in [4.78, 5) is 13.1. The van der Waals surface area contributed by atoms with Crippen molar-refractivity contribution in [2.24, 2.45) is 5.73 Å². The Labute approximate surface area is 72.7 Å². The lowest BCUT2D eigenvalue weighted by atomic mass is 10.3. The first-order valence-electron chi connectivity index (χ1n) is 4.22. The van der Waals surface area contributed by atoms with Crippen LogP contribution in [0.2, 0.25) is 0 Å². The summed E-state index contributed by atoms with van der Waals surface area (Å²) in [7, 11) is 1.67. The Bertz CT molecular complexity index is 170. The van der Waals surface area contributed by atoms with Crippen molar-refractivity contribution >= 4 is 5.91 Å². The molecule has 0 bridgehead atoms. The van der Waals surface area contributed by atoms with Crippen LogP contribution < -0.4 is 5.73 Å². The van der Waals surface area contributed by atoms with Crippen LogP contribution >= 0.6 is 0 Å². The van der Waals surface area contributed by atoms with E-state index in [0.717, 1.165) is 13.0 Å². The monoisotopic (exact) mass is 172 g/mol. The van der Waals surface area contributed by atoms with Gasteiger partial charge in [-0.05, 0) is 13.3 Å². The fourth-order valence-corrected chi connectivity index (χ4v) is 1.41. The minimum Gasteiger partial charge on any atom is -0.380 e. The summed E-state index contributed by atoms with van der Waals surface area (Å²) in [5.74, 6) is 0.0227. The van der Waals surface area contributed by atoms with Crippen molar-refractivity contribution in [2.45, 2.75) is 25.5 Å². The molecule has 1 aliphatic heterocycles. The second kappa shape index (κ2) is 3.87. The number of carbonyl (C=O) groups excluding carboxylic acids is 1. The van der Waals surface area contributed by atoms with Crippen LogP contribution in [0, 0.1) is 0 Å². The predicted octanol–water partition coefficient (Wildman–Crippen LogP) is -0.419. The van der Waals surface area contributed by atoms with Crippen LogP contribution in [-0.4, -0.2) is 43.2 Å². The number of rotatable bonds is 2. The SMILES string of the molecule is CO[C@H]1CCN(C(=O)[C@H](C)N)C1. The van der Waals surface area contributed by atoms with Crippen molar-refractivity contribution < 1.29 is 9.53 Å². The van der Waals surface area contributed by atoms with E-state index in [1.807, 2.05) is 0 Å². The third-order valence-electron chi connectivity index (χ3n) is 2.18. The van der Waals surface area contributed by atoms with Gasteiger partial charge in [0.2, 0.25) is 5.91 Å². The molecule has 2 atom stereocenters. The molecule has 0 aromatic heterocycles. The molecule has 1 fully saturated rings. The van der Waals surface area contributed by atoms with Gasteiger partial charge in [0, 0.05) is 20.2 Å². The standard InChI is InChI=1S/C8H16N2O2/c1-6(9)8(11)10-4-3-7(5-10)12-2/h6-7H,3-5,9H2,1-2H3/t6-,7-/m0/s1. The van der Waals surface area contributed by atoms with E-state index in [1.165, 1.54) is 0 Å². The fourth-order valence-electron chi connectivity index (χ4n) is 1.41. The Morgan fingerprint density at radius 3 is 2.83 bits per heavy atom. The molecule has 1 aliphatic rings. The maximum atomic E-state index is 11.4. The van der Waals surface area contributed by atoms with E-state index in [9.17, 15) is 4.79 Å². The Hall–Kier alpha value is -0.610. The lowest BCUT2D eigenvalue weighted by molar-refractivity contribution is -0.131. The number of methoxy groups -OCH3 is 1. The van der Waals surface area contributed by atoms with Crippen molar-refractivity contribution in [3.8, 4) is 0 Å². The molecule has 0 aromatic carbocycles. The molecule has 0 spiro atoms. The highest BCUT2D eigenvalue weighted by Gasteiger charge is 2.27. The molecule has 0 radical (unpaired) electrons. The van der Waals surface area contributed by atoms with Gasteiger partial charge >= 0.3 is 0 Å². The summed E-state index contributed by atoms with van der Waals surface area (Å²) in [6.45, 7) is 3.18. The van der Waals surface area contributed by atoms with Crippen LogP contribution in [0.4, 0.5) is 0 Å². The normalized spacial score (nSPS) is 25.9. The van der Waals surface area contributed by atoms with Crippen molar-refractivity contribution in [3.05, 3.63) is 0 Å². The average molecular weight is 172 g/mol. The minimum atomic E-state index is -0.388. The number of hydrogen-bond donors (Lipinski definition) is 1. The highest BCUT2D eigenvalue weighted by atomic mass is 16.5. The van der Waals surface area contributed by atoms with Gasteiger partial charge in [0.25, 0.3) is 0 Å². The Balaban J connectivity index is 2.41. The van der Waals surface area contributed by atoms with Gasteiger partial charge in [0.1, 0.15) is 0 Å². The highest BCUT2D eigenvalue weighted by molar-refractivity contribution is 5.81. The van der Waals surface area contributed by atoms with Crippen LogP contribution in [-0.2, 0) is 9.53 Å². The molecule has 1 amide bonds. The molecule has 4 nitrogen and oxygen atoms in total. The van der Waals surface area contributed by atoms with Gasteiger partial charge < -0.3 is 15.4 Å². The fraction of sp³-hybridized carbons (Fsp3) is 0.875. The summed E-state index contributed by atoms with van der Waals surface area (Å²) >= 11 is 0. The minimum absolute atomic E-state index is 0.0227. The zero-order valence-corrected chi connectivity index (χ0v) is 7.62. The maximum Gasteiger partial charge on any atom is 0.239 e. The molecule has 12 heavy (non-hydrogen) atoms. The highest BCUT2D eigenvalue weighted by Crippen LogP contribution is 2.12. The first kappa shape index (κ1) is 9.48. The second-order valence-corrected chi connectivity index (χ2v) is 3.22. The Kier molecular flexibility index (Phi) is 3.05. The molecule has 1 saturated heterocycles. The van der Waals surface area contributed by atoms with E-state index in [4.69, 9.17) is 10.5 Å². The molecule has 70 valence electrons. The van der Waals surface area contributed by atoms with Gasteiger partial charge in [-0.3, -0.25) is 4.79 Å². The molecule has 0 aromatic rings. The first-order chi connectivity index (χ1) is 5.65. The molecule has 1 rings (SSSR count). The Morgan fingerprint density at radius 1 is 1.75 bits per heavy atom. The molecular formula is C8H16N2O2. The number of carbonyl (C=O) groups is 1. The second-order valence-electron chi connectivity index (χ2n) is 3.22. The molecule has 2 N–H and O–H groups in total. The number of amides is 1. The Morgan fingerprint density at radius 2 is 2.42 bits per heavy atom. The number of hydrogen-bond acceptors (Lipinski definition) is 3. The maximum absolute atomic E-state index is 11.4. The van der Waals surface area contributed by atoms with Crippen LogP contribution in [0.3, 0.4) is 0 Å². The van der Waals surface area contributed by atoms with Crippen molar-refractivity contribution in [3.63, 3.8) is 0 Å². The van der Waals surface area contributed by atoms with E-state index >= 15 is 0 Å². The molecule has 4 heteroatoms. The van der Waals surface area contributed by atoms with Crippen molar-refractivity contribution in [1.82, 2.24) is 4.90 Å². The van der Waals surface area contributed by atoms with Gasteiger partial charge in [-0.25, -0.2) is 0 Å². The summed E-state index contributed by atoms with van der Waals surface area (Å²) in [5.41, 5.74) is 5.47. The quantitative estimate of drug-likeness (QED) is 0.615. The number of ether oxygens (including phenoxy) is 1. The topological polar surface area (TPSA) is 55.6 Å². The lowest BCUT2D eigenvalue weighted by Crippen LogP contribution is -2.41. The summed E-state index contributed by atoms with van der Waals surface area (Å²) in [6, 6.07) is -0.388. The van der Waals surface area contributed by atoms with Crippen LogP contribution in [0.25, 0.3) is 0 Å². The van der Waals surface area contributed by atoms with E-state index in [0.29, 0.717) is 6.54 Å². The van der Waals surface area contributed by atoms with E-state index in [1.54, 1.807) is 18.9 Å². The molecule has 0 unspecified atom stereocenters. The van der Waals surface area contributed by atoms with Gasteiger partial charge in [-0.2, -0.15) is 0 Å². The zero-order chi connectivity index (χ0) is 9.14. The van der Waals surface area contributed by atoms with Gasteiger partial charge in [0.05, 0.1) is 12.1 Å². The van der Waals surface area contributed by atoms with Gasteiger partial charge in [-0.15, -0.1) is 0 Å². The number of nitrogens with two attached hydrogens (primary N) is 1. The summed E-state index contributed by atoms with van der Waals surface area (Å²) in [5, 5.41) is 0. The first-order valence-corrected chi connectivity index (χ1v) is 4.22. The largest absolute Gasteiger partial charge is 0.380 e. The van der Waals surface area contributed by atoms with E-state index in [2.05, 4.69) is 0 Å². The van der Waals surface area contributed by atoms with E-state index < -0.39 is 0 Å². The third-order valence-corrected chi connectivity index (χ3v) is 2.18. The number of nitrogens with zero attached hydrogens (tertiary/aromatic N) is 1. The molecule has 1 heterocycles. The molecule has 0 aliphatic carbocycles. The smallest absolute Gasteiger partial charge is 0.239 e. The summed E-state index contributed by atoms with van der Waals surface area (Å²) in [6.07, 6.45) is 1.13. The lowest BCUT2D eigenvalue weighted by Gasteiger charge is -2.17. The van der Waals surface area contributed by atoms with Crippen LogP contribution in [0.1, 0.15) is 13.3 Å². The zero-order valence-electron chi connectivity index (χ0n) is 7.62.